The van der Waals surface area contributed by atoms with Crippen molar-refractivity contribution in [3.63, 3.8) is 0 Å². The highest BCUT2D eigenvalue weighted by Gasteiger charge is 2.20. The summed E-state index contributed by atoms with van der Waals surface area (Å²) >= 11 is 9.24. The van der Waals surface area contributed by atoms with Crippen LogP contribution in [-0.4, -0.2) is 22.6 Å². The maximum Gasteiger partial charge on any atom is 0.263 e. The zero-order valence-corrected chi connectivity index (χ0v) is 14.9. The zero-order valence-electron chi connectivity index (χ0n) is 11.8. The van der Waals surface area contributed by atoms with Crippen LogP contribution >= 0.6 is 27.5 Å². The Bertz CT molecular complexity index is 795. The number of hydrogen-bond donors (Lipinski definition) is 1. The summed E-state index contributed by atoms with van der Waals surface area (Å²) in [5, 5.41) is 0.115. The van der Waals surface area contributed by atoms with Gasteiger partial charge in [0, 0.05) is 10.5 Å². The van der Waals surface area contributed by atoms with Crippen molar-refractivity contribution in [2.45, 2.75) is 4.90 Å². The van der Waals surface area contributed by atoms with E-state index in [1.807, 2.05) is 0 Å². The van der Waals surface area contributed by atoms with E-state index in [1.165, 1.54) is 32.4 Å². The van der Waals surface area contributed by atoms with Crippen molar-refractivity contribution >= 4 is 43.2 Å². The number of anilines is 1. The Balaban J connectivity index is 2.44. The minimum absolute atomic E-state index is 0.0257. The summed E-state index contributed by atoms with van der Waals surface area (Å²) in [6.07, 6.45) is 0. The average Bonchev–Trinajstić information content (AvgIpc) is 2.46. The van der Waals surface area contributed by atoms with Gasteiger partial charge in [0.1, 0.15) is 16.4 Å². The van der Waals surface area contributed by atoms with E-state index >= 15 is 0 Å². The number of rotatable bonds is 5. The van der Waals surface area contributed by atoms with Gasteiger partial charge in [-0.2, -0.15) is 0 Å². The summed E-state index contributed by atoms with van der Waals surface area (Å²) in [5.41, 5.74) is 0.265. The molecule has 118 valence electrons. The van der Waals surface area contributed by atoms with Crippen LogP contribution in [0.3, 0.4) is 0 Å². The van der Waals surface area contributed by atoms with E-state index in [1.54, 1.807) is 18.2 Å². The Hall–Kier alpha value is -1.44. The highest BCUT2D eigenvalue weighted by Crippen LogP contribution is 2.32. The van der Waals surface area contributed by atoms with Gasteiger partial charge in [-0.3, -0.25) is 4.72 Å². The molecule has 0 atom stereocenters. The smallest absolute Gasteiger partial charge is 0.263 e. The lowest BCUT2D eigenvalue weighted by molar-refractivity contribution is 0.405. The highest BCUT2D eigenvalue weighted by atomic mass is 79.9. The van der Waals surface area contributed by atoms with E-state index in [0.29, 0.717) is 16.0 Å². The number of hydrogen-bond acceptors (Lipinski definition) is 4. The number of benzene rings is 2. The Kier molecular flexibility index (Phi) is 5.20. The first kappa shape index (κ1) is 16.9. The van der Waals surface area contributed by atoms with Gasteiger partial charge >= 0.3 is 0 Å². The van der Waals surface area contributed by atoms with Gasteiger partial charge in [-0.15, -0.1) is 0 Å². The van der Waals surface area contributed by atoms with Crippen LogP contribution in [0.4, 0.5) is 5.69 Å². The van der Waals surface area contributed by atoms with Gasteiger partial charge in [-0.25, -0.2) is 8.42 Å². The number of nitrogens with one attached hydrogen (secondary N) is 1. The first-order valence-corrected chi connectivity index (χ1v) is 8.72. The van der Waals surface area contributed by atoms with Gasteiger partial charge in [0.15, 0.2) is 0 Å². The number of sulfonamides is 1. The van der Waals surface area contributed by atoms with Crippen molar-refractivity contribution in [1.82, 2.24) is 0 Å². The van der Waals surface area contributed by atoms with Crippen molar-refractivity contribution in [2.24, 2.45) is 0 Å². The number of halogens is 2. The minimum atomic E-state index is -3.86. The van der Waals surface area contributed by atoms with E-state index in [9.17, 15) is 8.42 Å². The second-order valence-electron chi connectivity index (χ2n) is 4.25. The molecule has 22 heavy (non-hydrogen) atoms. The molecule has 1 N–H and O–H groups in total. The van der Waals surface area contributed by atoms with Crippen LogP contribution in [0.2, 0.25) is 5.02 Å². The lowest BCUT2D eigenvalue weighted by Gasteiger charge is -2.14. The number of methoxy groups -OCH3 is 2. The minimum Gasteiger partial charge on any atom is -0.497 e. The molecule has 0 bridgehead atoms. The molecule has 0 fully saturated rings. The first-order valence-electron chi connectivity index (χ1n) is 6.07. The molecule has 0 unspecified atom stereocenters. The van der Waals surface area contributed by atoms with Gasteiger partial charge in [0.2, 0.25) is 0 Å². The van der Waals surface area contributed by atoms with Gasteiger partial charge in [0.25, 0.3) is 10.0 Å². The topological polar surface area (TPSA) is 64.6 Å². The molecule has 0 saturated carbocycles. The maximum absolute atomic E-state index is 12.5. The summed E-state index contributed by atoms with van der Waals surface area (Å²) in [6.45, 7) is 0. The van der Waals surface area contributed by atoms with E-state index < -0.39 is 10.0 Å². The molecule has 8 heteroatoms. The molecule has 2 aromatic carbocycles. The Morgan fingerprint density at radius 3 is 2.41 bits per heavy atom. The van der Waals surface area contributed by atoms with Crippen LogP contribution < -0.4 is 14.2 Å². The predicted molar refractivity (Wildman–Crippen MR) is 89.5 cm³/mol. The van der Waals surface area contributed by atoms with E-state index in [2.05, 4.69) is 20.7 Å². The Morgan fingerprint density at radius 2 is 1.82 bits per heavy atom. The third kappa shape index (κ3) is 3.66. The molecule has 0 saturated heterocycles. The summed E-state index contributed by atoms with van der Waals surface area (Å²) < 4.78 is 38.4. The lowest BCUT2D eigenvalue weighted by Crippen LogP contribution is -2.14. The second-order valence-corrected chi connectivity index (χ2v) is 7.22. The number of ether oxygens (including phenoxy) is 2. The first-order chi connectivity index (χ1) is 10.4. The van der Waals surface area contributed by atoms with Gasteiger partial charge in [0.05, 0.1) is 24.9 Å². The highest BCUT2D eigenvalue weighted by molar-refractivity contribution is 9.10. The van der Waals surface area contributed by atoms with Crippen molar-refractivity contribution in [3.8, 4) is 11.5 Å². The molecule has 0 heterocycles. The standard InChI is InChI=1S/C14H13BrClNO4S/c1-20-10-4-5-13(21-2)12(8-10)17-22(18,19)14-6-3-9(15)7-11(14)16/h3-8,17H,1-2H3. The van der Waals surface area contributed by atoms with Crippen molar-refractivity contribution < 1.29 is 17.9 Å². The molecule has 0 aliphatic carbocycles. The normalized spacial score (nSPS) is 11.1. The Labute approximate surface area is 142 Å². The summed E-state index contributed by atoms with van der Waals surface area (Å²) in [6, 6.07) is 9.34. The van der Waals surface area contributed by atoms with Crippen molar-refractivity contribution in [1.29, 1.82) is 0 Å². The molecule has 0 spiro atoms. The third-order valence-corrected chi connectivity index (χ3v) is 5.18. The van der Waals surface area contributed by atoms with Crippen LogP contribution in [0, 0.1) is 0 Å². The summed E-state index contributed by atoms with van der Waals surface area (Å²) in [4.78, 5) is -0.0257. The SMILES string of the molecule is COc1ccc(OC)c(NS(=O)(=O)c2ccc(Br)cc2Cl)c1. The average molecular weight is 407 g/mol. The van der Waals surface area contributed by atoms with Gasteiger partial charge < -0.3 is 9.47 Å². The quantitative estimate of drug-likeness (QED) is 0.817. The molecule has 0 aliphatic heterocycles. The monoisotopic (exact) mass is 405 g/mol. The molecule has 2 rings (SSSR count). The van der Waals surface area contributed by atoms with Gasteiger partial charge in [-0.1, -0.05) is 27.5 Å². The largest absolute Gasteiger partial charge is 0.497 e. The summed E-state index contributed by atoms with van der Waals surface area (Å²) in [5.74, 6) is 0.873. The van der Waals surface area contributed by atoms with Crippen LogP contribution in [0.25, 0.3) is 0 Å². The molecule has 0 aliphatic rings. The van der Waals surface area contributed by atoms with Crippen LogP contribution in [0.1, 0.15) is 0 Å². The molecular weight excluding hydrogens is 394 g/mol. The Morgan fingerprint density at radius 1 is 1.09 bits per heavy atom. The lowest BCUT2D eigenvalue weighted by atomic mass is 10.3. The second kappa shape index (κ2) is 6.76. The fraction of sp³-hybridized carbons (Fsp3) is 0.143. The maximum atomic E-state index is 12.5. The van der Waals surface area contributed by atoms with Crippen LogP contribution in [-0.2, 0) is 10.0 Å². The predicted octanol–water partition coefficient (Wildman–Crippen LogP) is 3.92. The summed E-state index contributed by atoms with van der Waals surface area (Å²) in [7, 11) is -0.914. The molecular formula is C14H13BrClNO4S. The van der Waals surface area contributed by atoms with Gasteiger partial charge in [-0.05, 0) is 30.3 Å². The molecule has 0 amide bonds. The van der Waals surface area contributed by atoms with E-state index in [-0.39, 0.29) is 15.6 Å². The van der Waals surface area contributed by atoms with Crippen LogP contribution in [0.5, 0.6) is 11.5 Å². The van der Waals surface area contributed by atoms with Crippen molar-refractivity contribution in [2.75, 3.05) is 18.9 Å². The van der Waals surface area contributed by atoms with E-state index in [4.69, 9.17) is 21.1 Å². The van der Waals surface area contributed by atoms with Crippen LogP contribution in [0.15, 0.2) is 45.8 Å². The van der Waals surface area contributed by atoms with E-state index in [0.717, 1.165) is 0 Å². The molecule has 0 radical (unpaired) electrons. The fourth-order valence-electron chi connectivity index (χ4n) is 1.79. The third-order valence-electron chi connectivity index (χ3n) is 2.83. The molecule has 2 aromatic rings. The molecule has 0 aromatic heterocycles. The molecule has 5 nitrogen and oxygen atoms in total. The fourth-order valence-corrected chi connectivity index (χ4v) is 3.89. The zero-order chi connectivity index (χ0) is 16.3. The van der Waals surface area contributed by atoms with Crippen molar-refractivity contribution in [3.05, 3.63) is 45.9 Å².